The molecule has 2 saturated heterocycles. The van der Waals surface area contributed by atoms with Crippen molar-refractivity contribution in [2.75, 3.05) is 19.8 Å². The lowest BCUT2D eigenvalue weighted by Gasteiger charge is -2.49. The third kappa shape index (κ3) is 11.4. The van der Waals surface area contributed by atoms with Gasteiger partial charge in [-0.3, -0.25) is 4.79 Å². The van der Waals surface area contributed by atoms with Crippen LogP contribution >= 0.6 is 8.53 Å². The van der Waals surface area contributed by atoms with Gasteiger partial charge in [-0.1, -0.05) is 52.8 Å². The summed E-state index contributed by atoms with van der Waals surface area (Å²) >= 11 is 0. The fraction of sp³-hybridized carbons (Fsp3) is 0.757. The maximum absolute atomic E-state index is 13.3. The predicted molar refractivity (Wildman–Crippen MR) is 191 cm³/mol. The molecule has 11 unspecified atom stereocenters. The lowest BCUT2D eigenvalue weighted by molar-refractivity contribution is -0.322. The third-order valence-electron chi connectivity index (χ3n) is 9.52. The van der Waals surface area contributed by atoms with Crippen LogP contribution in [0, 0.1) is 29.1 Å². The van der Waals surface area contributed by atoms with E-state index in [9.17, 15) is 9.59 Å². The molecule has 1 aromatic carbocycles. The molecule has 1 N–H and O–H groups in total. The van der Waals surface area contributed by atoms with Crippen molar-refractivity contribution in [3.8, 4) is 6.07 Å². The van der Waals surface area contributed by atoms with E-state index in [4.69, 9.17) is 38.0 Å². The van der Waals surface area contributed by atoms with Gasteiger partial charge in [-0.2, -0.15) is 5.26 Å². The Balaban J connectivity index is 1.83. The number of carbonyl (C=O) groups is 2. The molecule has 13 heteroatoms. The van der Waals surface area contributed by atoms with Crippen LogP contribution in [0.1, 0.15) is 98.9 Å². The van der Waals surface area contributed by atoms with Gasteiger partial charge in [0.2, 0.25) is 5.91 Å². The zero-order chi connectivity index (χ0) is 37.0. The van der Waals surface area contributed by atoms with Crippen molar-refractivity contribution in [1.82, 2.24) is 9.99 Å². The number of nitrogens with zero attached hydrogens (tertiary/aromatic N) is 2. The fourth-order valence-electron chi connectivity index (χ4n) is 6.79. The molecule has 1 amide bonds. The number of hydrogen-bond acceptors (Lipinski definition) is 11. The molecule has 2 heterocycles. The van der Waals surface area contributed by atoms with Crippen molar-refractivity contribution in [2.45, 2.75) is 144 Å². The number of esters is 1. The second-order valence-electron chi connectivity index (χ2n) is 13.8. The molecule has 0 radical (unpaired) electrons. The maximum atomic E-state index is 13.3. The summed E-state index contributed by atoms with van der Waals surface area (Å²) in [5.74, 6) is -0.818. The van der Waals surface area contributed by atoms with Gasteiger partial charge >= 0.3 is 5.97 Å². The maximum Gasteiger partial charge on any atom is 0.338 e. The van der Waals surface area contributed by atoms with Crippen molar-refractivity contribution in [1.29, 1.82) is 5.26 Å². The van der Waals surface area contributed by atoms with E-state index in [0.717, 1.165) is 6.42 Å². The Kier molecular flexibility index (Phi) is 17.5. The minimum atomic E-state index is -1.44. The van der Waals surface area contributed by atoms with Crippen LogP contribution in [0.25, 0.3) is 0 Å². The molecule has 0 saturated carbocycles. The smallest absolute Gasteiger partial charge is 0.338 e. The number of carbonyl (C=O) groups excluding carboxylic acids is 2. The van der Waals surface area contributed by atoms with Crippen LogP contribution < -0.4 is 5.32 Å². The largest absolute Gasteiger partial charge is 0.453 e. The molecule has 2 fully saturated rings. The first-order valence-electron chi connectivity index (χ1n) is 18.2. The Bertz CT molecular complexity index is 1210. The first-order valence-corrected chi connectivity index (χ1v) is 19.3. The number of ether oxygens (including phenoxy) is 5. The van der Waals surface area contributed by atoms with E-state index >= 15 is 0 Å². The van der Waals surface area contributed by atoms with Crippen molar-refractivity contribution in [3.05, 3.63) is 35.9 Å². The molecule has 0 aromatic heterocycles. The summed E-state index contributed by atoms with van der Waals surface area (Å²) in [7, 11) is -1.44. The normalized spacial score (nSPS) is 30.6. The summed E-state index contributed by atoms with van der Waals surface area (Å²) in [6.07, 6.45) is -1.64. The zero-order valence-electron chi connectivity index (χ0n) is 31.6. The van der Waals surface area contributed by atoms with Crippen molar-refractivity contribution in [3.63, 3.8) is 0 Å². The highest BCUT2D eigenvalue weighted by atomic mass is 31.2. The summed E-state index contributed by atoms with van der Waals surface area (Å²) in [6, 6.07) is 10.6. The van der Waals surface area contributed by atoms with Crippen molar-refractivity contribution < 1.29 is 42.3 Å². The lowest BCUT2D eigenvalue weighted by atomic mass is 9.82. The fourth-order valence-corrected chi connectivity index (χ4v) is 8.37. The van der Waals surface area contributed by atoms with E-state index < -0.39 is 45.3 Å². The molecule has 0 bridgehead atoms. The topological polar surface area (TPSA) is 138 Å². The number of hydrogen-bond donors (Lipinski definition) is 1. The van der Waals surface area contributed by atoms with Crippen LogP contribution in [0.5, 0.6) is 0 Å². The SMILES string of the molecule is CCC1OC(OC2C(C)C(CC)OC(OCCOP(OCCC#N)N(C(C)C)C(C)C)C2NC(C)=O)C(OC(=O)c2ccccc2)C(C)C1C. The van der Waals surface area contributed by atoms with Crippen LogP contribution in [0.3, 0.4) is 0 Å². The third-order valence-corrected chi connectivity index (χ3v) is 11.6. The van der Waals surface area contributed by atoms with Crippen LogP contribution in [0.2, 0.25) is 0 Å². The summed E-state index contributed by atoms with van der Waals surface area (Å²) in [5, 5.41) is 12.1. The molecule has 50 heavy (non-hydrogen) atoms. The molecule has 1 aromatic rings. The van der Waals surface area contributed by atoms with Gasteiger partial charge in [-0.15, -0.1) is 0 Å². The second kappa shape index (κ2) is 20.7. The molecule has 11 atom stereocenters. The second-order valence-corrected chi connectivity index (χ2v) is 15.2. The van der Waals surface area contributed by atoms with Crippen LogP contribution in [0.15, 0.2) is 30.3 Å². The van der Waals surface area contributed by atoms with E-state index in [0.29, 0.717) is 12.0 Å². The van der Waals surface area contributed by atoms with Crippen LogP contribution in [-0.4, -0.2) is 91.5 Å². The predicted octanol–water partition coefficient (Wildman–Crippen LogP) is 6.59. The van der Waals surface area contributed by atoms with E-state index in [1.165, 1.54) is 6.92 Å². The lowest BCUT2D eigenvalue weighted by Crippen LogP contribution is -2.64. The Hall–Kier alpha value is -2.20. The van der Waals surface area contributed by atoms with Gasteiger partial charge in [0.05, 0.1) is 56.2 Å². The van der Waals surface area contributed by atoms with Crippen LogP contribution in [0.4, 0.5) is 0 Å². The van der Waals surface area contributed by atoms with Crippen LogP contribution in [-0.2, 0) is 37.5 Å². The Morgan fingerprint density at radius 3 is 2.06 bits per heavy atom. The summed E-state index contributed by atoms with van der Waals surface area (Å²) in [6.45, 7) is 20.7. The molecule has 12 nitrogen and oxygen atoms in total. The Labute approximate surface area is 300 Å². The first kappa shape index (κ1) is 42.2. The zero-order valence-corrected chi connectivity index (χ0v) is 32.5. The quantitative estimate of drug-likeness (QED) is 0.0999. The van der Waals surface area contributed by atoms with E-state index in [1.54, 1.807) is 24.3 Å². The highest BCUT2D eigenvalue weighted by Gasteiger charge is 2.50. The molecule has 2 aliphatic rings. The van der Waals surface area contributed by atoms with Gasteiger partial charge in [0.15, 0.2) is 18.7 Å². The van der Waals surface area contributed by atoms with Crippen molar-refractivity contribution >= 4 is 20.4 Å². The van der Waals surface area contributed by atoms with E-state index in [1.807, 2.05) is 19.9 Å². The number of benzene rings is 1. The minimum absolute atomic E-state index is 0.0617. The molecule has 2 aliphatic heterocycles. The number of nitrogens with one attached hydrogen (secondary N) is 1. The number of nitriles is 1. The molecule has 0 aliphatic carbocycles. The Morgan fingerprint density at radius 2 is 1.48 bits per heavy atom. The number of rotatable bonds is 18. The first-order chi connectivity index (χ1) is 23.8. The van der Waals surface area contributed by atoms with Gasteiger partial charge in [-0.25, -0.2) is 9.46 Å². The van der Waals surface area contributed by atoms with Gasteiger partial charge in [0.1, 0.15) is 6.04 Å². The summed E-state index contributed by atoms with van der Waals surface area (Å²) in [5.41, 5.74) is 0.449. The highest BCUT2D eigenvalue weighted by Crippen LogP contribution is 2.46. The molecule has 0 spiro atoms. The molecule has 3 rings (SSSR count). The van der Waals surface area contributed by atoms with Gasteiger partial charge in [0.25, 0.3) is 8.53 Å². The average molecular weight is 722 g/mol. The molecular formula is C37H60N3O9P. The van der Waals surface area contributed by atoms with Gasteiger partial charge in [-0.05, 0) is 58.6 Å². The monoisotopic (exact) mass is 721 g/mol. The van der Waals surface area contributed by atoms with Crippen molar-refractivity contribution in [2.24, 2.45) is 17.8 Å². The highest BCUT2D eigenvalue weighted by molar-refractivity contribution is 7.44. The Morgan fingerprint density at radius 1 is 0.880 bits per heavy atom. The van der Waals surface area contributed by atoms with Gasteiger partial charge in [0, 0.05) is 30.8 Å². The molecular weight excluding hydrogens is 661 g/mol. The average Bonchev–Trinajstić information content (AvgIpc) is 3.08. The number of amides is 1. The van der Waals surface area contributed by atoms with E-state index in [-0.39, 0.29) is 74.2 Å². The summed E-state index contributed by atoms with van der Waals surface area (Å²) in [4.78, 5) is 25.9. The minimum Gasteiger partial charge on any atom is -0.453 e. The van der Waals surface area contributed by atoms with E-state index in [2.05, 4.69) is 64.5 Å². The molecule has 282 valence electrons. The van der Waals surface area contributed by atoms with Gasteiger partial charge < -0.3 is 38.0 Å². The standard InChI is InChI=1S/C37H60N3O9P/c1-11-30-25(7)26(8)34(48-35(42)29-17-14-13-15-18-29)37(47-30)49-33-27(9)31(12-2)46-36(32(33)39-28(10)41)43-21-22-45-50(44-20-16-19-38)40(23(3)4)24(5)6/h13-15,17-18,23-27,30-34,36-37H,11-12,16,20-22H2,1-10H3,(H,39,41). The summed E-state index contributed by atoms with van der Waals surface area (Å²) < 4.78 is 46.7.